The molecule has 112 valence electrons. The molecule has 1 fully saturated rings. The molecule has 3 rings (SSSR count). The lowest BCUT2D eigenvalue weighted by molar-refractivity contribution is 0.330. The first kappa shape index (κ1) is 14.0. The average molecular weight is 285 g/mol. The summed E-state index contributed by atoms with van der Waals surface area (Å²) in [6, 6.07) is 6.59. The Kier molecular flexibility index (Phi) is 3.86. The normalized spacial score (nSPS) is 16.1. The van der Waals surface area contributed by atoms with Crippen molar-refractivity contribution in [3.63, 3.8) is 0 Å². The minimum absolute atomic E-state index is 0.491. The Hall–Kier alpha value is -1.97. The molecule has 1 saturated carbocycles. The first-order valence-electron chi connectivity index (χ1n) is 7.68. The molecule has 0 spiro atoms. The van der Waals surface area contributed by atoms with Gasteiger partial charge in [0.1, 0.15) is 11.4 Å². The van der Waals surface area contributed by atoms with Crippen LogP contribution in [0.1, 0.15) is 43.7 Å². The zero-order chi connectivity index (χ0) is 14.8. The number of nitrogens with zero attached hydrogens (tertiary/aromatic N) is 2. The van der Waals surface area contributed by atoms with Gasteiger partial charge in [0.15, 0.2) is 0 Å². The standard InChI is InChI=1S/C17H23N3O/c1-12-8-9-16(21-2)14(10-12)17-15(18)11-20(19-17)13-6-4-3-5-7-13/h8-11,13H,3-7,18H2,1-2H3. The second-order valence-corrected chi connectivity index (χ2v) is 5.91. The number of anilines is 1. The van der Waals surface area contributed by atoms with E-state index in [0.717, 1.165) is 22.7 Å². The number of nitrogen functional groups attached to an aromatic ring is 1. The maximum absolute atomic E-state index is 6.21. The van der Waals surface area contributed by atoms with Crippen LogP contribution in [0.5, 0.6) is 5.75 Å². The summed E-state index contributed by atoms with van der Waals surface area (Å²) in [6.45, 7) is 2.07. The van der Waals surface area contributed by atoms with Crippen molar-refractivity contribution in [3.8, 4) is 17.0 Å². The van der Waals surface area contributed by atoms with Gasteiger partial charge in [0, 0.05) is 11.8 Å². The molecule has 0 aliphatic heterocycles. The predicted octanol–water partition coefficient (Wildman–Crippen LogP) is 3.95. The maximum Gasteiger partial charge on any atom is 0.128 e. The molecule has 1 heterocycles. The van der Waals surface area contributed by atoms with E-state index in [-0.39, 0.29) is 0 Å². The third kappa shape index (κ3) is 2.75. The van der Waals surface area contributed by atoms with E-state index in [1.807, 2.05) is 18.3 Å². The molecule has 0 bridgehead atoms. The lowest BCUT2D eigenvalue weighted by atomic mass is 9.96. The van der Waals surface area contributed by atoms with Crippen molar-refractivity contribution in [1.29, 1.82) is 0 Å². The molecule has 0 radical (unpaired) electrons. The lowest BCUT2D eigenvalue weighted by Crippen LogP contribution is -2.13. The fourth-order valence-electron chi connectivity index (χ4n) is 3.15. The number of ether oxygens (including phenoxy) is 1. The highest BCUT2D eigenvalue weighted by Crippen LogP contribution is 2.35. The van der Waals surface area contributed by atoms with Crippen LogP contribution < -0.4 is 10.5 Å². The Morgan fingerprint density at radius 1 is 1.24 bits per heavy atom. The first-order chi connectivity index (χ1) is 10.2. The molecular formula is C17H23N3O. The number of aryl methyl sites for hydroxylation is 1. The van der Waals surface area contributed by atoms with Crippen LogP contribution in [0, 0.1) is 6.92 Å². The van der Waals surface area contributed by atoms with Crippen LogP contribution in [-0.4, -0.2) is 16.9 Å². The topological polar surface area (TPSA) is 53.1 Å². The molecule has 2 N–H and O–H groups in total. The van der Waals surface area contributed by atoms with Crippen LogP contribution in [-0.2, 0) is 0 Å². The van der Waals surface area contributed by atoms with Gasteiger partial charge in [0.25, 0.3) is 0 Å². The number of aromatic nitrogens is 2. The Bertz CT molecular complexity index is 627. The molecule has 4 heteroatoms. The zero-order valence-corrected chi connectivity index (χ0v) is 12.8. The summed E-state index contributed by atoms with van der Waals surface area (Å²) in [4.78, 5) is 0. The summed E-state index contributed by atoms with van der Waals surface area (Å²) in [5, 5.41) is 4.77. The highest BCUT2D eigenvalue weighted by Gasteiger charge is 2.20. The fraction of sp³-hybridized carbons (Fsp3) is 0.471. The van der Waals surface area contributed by atoms with E-state index in [1.54, 1.807) is 7.11 Å². The van der Waals surface area contributed by atoms with E-state index in [1.165, 1.54) is 37.7 Å². The van der Waals surface area contributed by atoms with Gasteiger partial charge < -0.3 is 10.5 Å². The van der Waals surface area contributed by atoms with E-state index in [9.17, 15) is 0 Å². The van der Waals surface area contributed by atoms with Crippen molar-refractivity contribution in [2.45, 2.75) is 45.1 Å². The van der Waals surface area contributed by atoms with Crippen LogP contribution >= 0.6 is 0 Å². The molecule has 4 nitrogen and oxygen atoms in total. The largest absolute Gasteiger partial charge is 0.496 e. The van der Waals surface area contributed by atoms with Gasteiger partial charge >= 0.3 is 0 Å². The van der Waals surface area contributed by atoms with Gasteiger partial charge in [-0.05, 0) is 31.9 Å². The third-order valence-corrected chi connectivity index (χ3v) is 4.32. The van der Waals surface area contributed by atoms with Crippen molar-refractivity contribution < 1.29 is 4.74 Å². The number of hydrogen-bond donors (Lipinski definition) is 1. The molecule has 0 unspecified atom stereocenters. The van der Waals surface area contributed by atoms with Crippen molar-refractivity contribution in [3.05, 3.63) is 30.0 Å². The molecule has 1 aliphatic carbocycles. The number of hydrogen-bond acceptors (Lipinski definition) is 3. The Morgan fingerprint density at radius 2 is 2.00 bits per heavy atom. The van der Waals surface area contributed by atoms with Gasteiger partial charge in [-0.2, -0.15) is 5.10 Å². The highest BCUT2D eigenvalue weighted by atomic mass is 16.5. The number of benzene rings is 1. The SMILES string of the molecule is COc1ccc(C)cc1-c1nn(C2CCCCC2)cc1N. The van der Waals surface area contributed by atoms with E-state index in [0.29, 0.717) is 6.04 Å². The van der Waals surface area contributed by atoms with Crippen LogP contribution in [0.25, 0.3) is 11.3 Å². The average Bonchev–Trinajstić information content (AvgIpc) is 2.90. The van der Waals surface area contributed by atoms with Gasteiger partial charge in [-0.3, -0.25) is 4.68 Å². The van der Waals surface area contributed by atoms with Gasteiger partial charge in [-0.25, -0.2) is 0 Å². The molecule has 0 atom stereocenters. The molecule has 1 aromatic heterocycles. The molecule has 1 aliphatic rings. The lowest BCUT2D eigenvalue weighted by Gasteiger charge is -2.21. The minimum atomic E-state index is 0.491. The number of methoxy groups -OCH3 is 1. The van der Waals surface area contributed by atoms with Crippen LogP contribution in [0.2, 0.25) is 0 Å². The second kappa shape index (κ2) is 5.80. The van der Waals surface area contributed by atoms with Crippen molar-refractivity contribution >= 4 is 5.69 Å². The molecule has 1 aromatic carbocycles. The van der Waals surface area contributed by atoms with Crippen molar-refractivity contribution in [1.82, 2.24) is 9.78 Å². The van der Waals surface area contributed by atoms with Gasteiger partial charge in [0.2, 0.25) is 0 Å². The summed E-state index contributed by atoms with van der Waals surface area (Å²) in [5.74, 6) is 0.821. The van der Waals surface area contributed by atoms with Crippen molar-refractivity contribution in [2.75, 3.05) is 12.8 Å². The minimum Gasteiger partial charge on any atom is -0.496 e. The summed E-state index contributed by atoms with van der Waals surface area (Å²) < 4.78 is 7.52. The molecule has 2 aromatic rings. The highest BCUT2D eigenvalue weighted by molar-refractivity contribution is 5.77. The molecular weight excluding hydrogens is 262 g/mol. The third-order valence-electron chi connectivity index (χ3n) is 4.32. The molecule has 0 amide bonds. The second-order valence-electron chi connectivity index (χ2n) is 5.91. The van der Waals surface area contributed by atoms with Gasteiger partial charge in [0.05, 0.1) is 18.8 Å². The summed E-state index contributed by atoms with van der Waals surface area (Å²) >= 11 is 0. The van der Waals surface area contributed by atoms with E-state index in [4.69, 9.17) is 15.6 Å². The first-order valence-corrected chi connectivity index (χ1v) is 7.68. The molecule has 0 saturated heterocycles. The van der Waals surface area contributed by atoms with Crippen LogP contribution in [0.15, 0.2) is 24.4 Å². The van der Waals surface area contributed by atoms with E-state index < -0.39 is 0 Å². The van der Waals surface area contributed by atoms with E-state index in [2.05, 4.69) is 17.7 Å². The van der Waals surface area contributed by atoms with Crippen LogP contribution in [0.4, 0.5) is 5.69 Å². The maximum atomic E-state index is 6.21. The quantitative estimate of drug-likeness (QED) is 0.928. The van der Waals surface area contributed by atoms with Crippen molar-refractivity contribution in [2.24, 2.45) is 0 Å². The Balaban J connectivity index is 1.99. The molecule has 21 heavy (non-hydrogen) atoms. The van der Waals surface area contributed by atoms with Gasteiger partial charge in [-0.1, -0.05) is 30.9 Å². The van der Waals surface area contributed by atoms with Gasteiger partial charge in [-0.15, -0.1) is 0 Å². The Morgan fingerprint density at radius 3 is 2.71 bits per heavy atom. The fourth-order valence-corrected chi connectivity index (χ4v) is 3.15. The summed E-state index contributed by atoms with van der Waals surface area (Å²) in [6.07, 6.45) is 8.29. The monoisotopic (exact) mass is 285 g/mol. The van der Waals surface area contributed by atoms with Crippen LogP contribution in [0.3, 0.4) is 0 Å². The summed E-state index contributed by atoms with van der Waals surface area (Å²) in [5.41, 5.74) is 9.93. The Labute approximate surface area is 125 Å². The van der Waals surface area contributed by atoms with E-state index >= 15 is 0 Å². The summed E-state index contributed by atoms with van der Waals surface area (Å²) in [7, 11) is 1.68. The predicted molar refractivity (Wildman–Crippen MR) is 85.5 cm³/mol. The number of nitrogens with two attached hydrogens (primary N) is 1. The zero-order valence-electron chi connectivity index (χ0n) is 12.8. The smallest absolute Gasteiger partial charge is 0.128 e. The number of rotatable bonds is 3.